The minimum atomic E-state index is -4.84. The molecular weight excluding hydrogens is 685 g/mol. The molecule has 0 heterocycles. The van der Waals surface area contributed by atoms with Gasteiger partial charge in [-0.2, -0.15) is 0 Å². The van der Waals surface area contributed by atoms with E-state index in [4.69, 9.17) is 0 Å². The SMILES string of the molecule is CC12CCC(O)CC13C=CC1(C(C(=O)c4ccc(F)c(F)c4)=C3)C2CCC2(C)C1CCC2(O)CN(Cc1ccc(OC(F)(F)F)cc1)CC(O)CO. The molecule has 8 rings (SSSR count). The minimum Gasteiger partial charge on any atom is -0.406 e. The van der Waals surface area contributed by atoms with Crippen LogP contribution in [0.15, 0.2) is 66.3 Å². The van der Waals surface area contributed by atoms with E-state index in [0.29, 0.717) is 49.7 Å². The first-order valence-corrected chi connectivity index (χ1v) is 18.1. The van der Waals surface area contributed by atoms with Gasteiger partial charge in [0.2, 0.25) is 0 Å². The van der Waals surface area contributed by atoms with Crippen LogP contribution in [0.4, 0.5) is 22.0 Å². The van der Waals surface area contributed by atoms with Crippen LogP contribution >= 0.6 is 0 Å². The van der Waals surface area contributed by atoms with Gasteiger partial charge in [0.15, 0.2) is 17.4 Å². The zero-order valence-corrected chi connectivity index (χ0v) is 29.3. The number of hydrogen-bond donors (Lipinski definition) is 4. The Bertz CT molecular complexity index is 1780. The summed E-state index contributed by atoms with van der Waals surface area (Å²) in [4.78, 5) is 16.4. The van der Waals surface area contributed by atoms with Crippen molar-refractivity contribution in [2.24, 2.45) is 33.5 Å². The van der Waals surface area contributed by atoms with Crippen molar-refractivity contribution in [2.45, 2.75) is 89.5 Å². The van der Waals surface area contributed by atoms with Crippen molar-refractivity contribution in [1.82, 2.24) is 4.90 Å². The summed E-state index contributed by atoms with van der Waals surface area (Å²) in [6, 6.07) is 8.55. The summed E-state index contributed by atoms with van der Waals surface area (Å²) in [6.07, 6.45) is 3.70. The lowest BCUT2D eigenvalue weighted by molar-refractivity contribution is -0.274. The predicted octanol–water partition coefficient (Wildman–Crippen LogP) is 6.49. The van der Waals surface area contributed by atoms with Gasteiger partial charge in [-0.05, 0) is 98.1 Å². The maximum absolute atomic E-state index is 14.6. The summed E-state index contributed by atoms with van der Waals surface area (Å²) in [5.74, 6) is -3.23. The van der Waals surface area contributed by atoms with Gasteiger partial charge in [-0.3, -0.25) is 9.69 Å². The topological polar surface area (TPSA) is 110 Å². The van der Waals surface area contributed by atoms with Crippen LogP contribution in [0.5, 0.6) is 5.75 Å². The van der Waals surface area contributed by atoms with Crippen LogP contribution < -0.4 is 4.74 Å². The molecule has 0 amide bonds. The van der Waals surface area contributed by atoms with Crippen LogP contribution in [-0.4, -0.2) is 75.0 Å². The average molecular weight is 732 g/mol. The number of carbonyl (C=O) groups is 1. The van der Waals surface area contributed by atoms with E-state index >= 15 is 0 Å². The zero-order valence-electron chi connectivity index (χ0n) is 29.3. The van der Waals surface area contributed by atoms with Crippen LogP contribution in [0, 0.1) is 45.1 Å². The Kier molecular flexibility index (Phi) is 9.09. The standard InChI is InChI=1S/C40H46F5NO6/c1-35-12-9-26(48)18-37(35)15-16-39(29(19-37)34(50)25-5-8-30(41)31(42)17-25)32(35)10-13-36(2)33(39)11-14-38(36,51)23-46(21-27(49)22-47)20-24-3-6-28(7-4-24)52-40(43,44)45/h3-8,15-17,19,26-27,32-33,47-49,51H,9-14,18,20-23H2,1-2H3. The molecule has 52 heavy (non-hydrogen) atoms. The van der Waals surface area contributed by atoms with E-state index in [1.807, 2.05) is 13.0 Å². The maximum atomic E-state index is 14.6. The Morgan fingerprint density at radius 2 is 1.63 bits per heavy atom. The van der Waals surface area contributed by atoms with E-state index < -0.39 is 64.4 Å². The number of alkyl halides is 3. The number of benzene rings is 2. The molecule has 12 heteroatoms. The number of carbonyl (C=O) groups excluding carboxylic acids is 1. The van der Waals surface area contributed by atoms with Gasteiger partial charge in [0.1, 0.15) is 5.75 Å². The molecule has 7 nitrogen and oxygen atoms in total. The second kappa shape index (κ2) is 12.7. The van der Waals surface area contributed by atoms with E-state index in [-0.39, 0.29) is 48.2 Å². The van der Waals surface area contributed by atoms with Crippen LogP contribution in [-0.2, 0) is 6.54 Å². The molecule has 282 valence electrons. The number of rotatable bonds is 10. The second-order valence-electron chi connectivity index (χ2n) is 16.5. The highest BCUT2D eigenvalue weighted by molar-refractivity contribution is 6.10. The number of aliphatic hydroxyl groups is 4. The number of allylic oxidation sites excluding steroid dienone is 4. The number of fused-ring (bicyclic) bond motifs is 1. The first-order chi connectivity index (χ1) is 24.4. The fraction of sp³-hybridized carbons (Fsp3) is 0.575. The molecule has 2 spiro atoms. The zero-order chi connectivity index (χ0) is 37.5. The van der Waals surface area contributed by atoms with Crippen LogP contribution in [0.1, 0.15) is 74.7 Å². The summed E-state index contributed by atoms with van der Waals surface area (Å²) in [5, 5.41) is 44.0. The Morgan fingerprint density at radius 3 is 2.31 bits per heavy atom. The number of aliphatic hydroxyl groups excluding tert-OH is 3. The van der Waals surface area contributed by atoms with Crippen LogP contribution in [0.2, 0.25) is 0 Å². The van der Waals surface area contributed by atoms with E-state index in [2.05, 4.69) is 23.8 Å². The molecule has 0 saturated heterocycles. The summed E-state index contributed by atoms with van der Waals surface area (Å²) in [7, 11) is 0. The smallest absolute Gasteiger partial charge is 0.406 e. The van der Waals surface area contributed by atoms with Gasteiger partial charge in [0.25, 0.3) is 0 Å². The Hall–Kier alpha value is -3.16. The number of halogens is 5. The van der Waals surface area contributed by atoms with Gasteiger partial charge in [0.05, 0.1) is 24.4 Å². The van der Waals surface area contributed by atoms with Crippen molar-refractivity contribution in [3.8, 4) is 5.75 Å². The van der Waals surface area contributed by atoms with Crippen molar-refractivity contribution < 1.29 is 51.9 Å². The number of Topliss-reactive ketones (excluding diaryl/α,β-unsaturated/α-hetero) is 1. The van der Waals surface area contributed by atoms with Gasteiger partial charge in [0, 0.05) is 47.0 Å². The van der Waals surface area contributed by atoms with E-state index in [9.17, 15) is 47.2 Å². The first-order valence-electron chi connectivity index (χ1n) is 18.1. The molecule has 0 aliphatic heterocycles. The summed E-state index contributed by atoms with van der Waals surface area (Å²) in [6.45, 7) is 3.96. The number of hydrogen-bond acceptors (Lipinski definition) is 7. The third-order valence-corrected chi connectivity index (χ3v) is 13.9. The number of nitrogens with zero attached hydrogens (tertiary/aromatic N) is 1. The highest BCUT2D eigenvalue weighted by Gasteiger charge is 2.74. The predicted molar refractivity (Wildman–Crippen MR) is 181 cm³/mol. The fourth-order valence-electron chi connectivity index (χ4n) is 11.4. The van der Waals surface area contributed by atoms with Gasteiger partial charge in [-0.1, -0.05) is 44.2 Å². The molecule has 2 aromatic rings. The third kappa shape index (κ3) is 5.75. The van der Waals surface area contributed by atoms with Crippen molar-refractivity contribution in [1.29, 1.82) is 0 Å². The lowest BCUT2D eigenvalue weighted by atomic mass is 9.32. The van der Waals surface area contributed by atoms with Crippen molar-refractivity contribution in [3.63, 3.8) is 0 Å². The summed E-state index contributed by atoms with van der Waals surface area (Å²) >= 11 is 0. The molecular formula is C40H46F5NO6. The molecule has 3 fully saturated rings. The lowest BCUT2D eigenvalue weighted by Gasteiger charge is -2.71. The first kappa shape index (κ1) is 37.2. The maximum Gasteiger partial charge on any atom is 0.573 e. The van der Waals surface area contributed by atoms with Gasteiger partial charge >= 0.3 is 6.36 Å². The fourth-order valence-corrected chi connectivity index (χ4v) is 11.4. The van der Waals surface area contributed by atoms with Gasteiger partial charge in [-0.25, -0.2) is 8.78 Å². The molecule has 0 radical (unpaired) electrons. The quantitative estimate of drug-likeness (QED) is 0.126. The largest absolute Gasteiger partial charge is 0.573 e. The monoisotopic (exact) mass is 731 g/mol. The molecule has 6 aliphatic rings. The van der Waals surface area contributed by atoms with E-state index in [1.165, 1.54) is 30.3 Å². The van der Waals surface area contributed by atoms with E-state index in [1.54, 1.807) is 4.90 Å². The minimum absolute atomic E-state index is 0.0171. The Morgan fingerprint density at radius 1 is 0.962 bits per heavy atom. The molecule has 6 aliphatic carbocycles. The molecule has 3 saturated carbocycles. The average Bonchev–Trinajstić information content (AvgIpc) is 3.35. The molecule has 4 N–H and O–H groups in total. The highest BCUT2D eigenvalue weighted by Crippen LogP contribution is 2.78. The molecule has 9 unspecified atom stereocenters. The molecule has 0 aromatic heterocycles. The van der Waals surface area contributed by atoms with Crippen molar-refractivity contribution in [2.75, 3.05) is 19.7 Å². The molecule has 9 atom stereocenters. The Labute approximate surface area is 299 Å². The normalized spacial score (nSPS) is 36.9. The van der Waals surface area contributed by atoms with Crippen molar-refractivity contribution >= 4 is 5.78 Å². The second-order valence-corrected chi connectivity index (χ2v) is 16.5. The third-order valence-electron chi connectivity index (χ3n) is 13.9. The Balaban J connectivity index is 1.25. The summed E-state index contributed by atoms with van der Waals surface area (Å²) in [5.41, 5.74) is -2.74. The number of ether oxygens (including phenoxy) is 1. The molecule has 2 bridgehead atoms. The lowest BCUT2D eigenvalue weighted by Crippen LogP contribution is -2.67. The van der Waals surface area contributed by atoms with Crippen LogP contribution in [0.3, 0.4) is 0 Å². The number of ketones is 1. The van der Waals surface area contributed by atoms with Gasteiger partial charge < -0.3 is 25.2 Å². The van der Waals surface area contributed by atoms with Crippen LogP contribution in [0.25, 0.3) is 0 Å². The van der Waals surface area contributed by atoms with Gasteiger partial charge in [-0.15, -0.1) is 13.2 Å². The highest BCUT2D eigenvalue weighted by atomic mass is 19.4. The summed E-state index contributed by atoms with van der Waals surface area (Å²) < 4.78 is 70.9. The van der Waals surface area contributed by atoms with Crippen molar-refractivity contribution in [3.05, 3.63) is 89.0 Å². The molecule has 2 aromatic carbocycles. The van der Waals surface area contributed by atoms with E-state index in [0.717, 1.165) is 18.6 Å².